The number of hydrogen-bond acceptors (Lipinski definition) is 11. The molecule has 0 atom stereocenters. The number of phenols is 2. The van der Waals surface area contributed by atoms with Gasteiger partial charge in [0.1, 0.15) is 11.5 Å². The summed E-state index contributed by atoms with van der Waals surface area (Å²) >= 11 is 0. The van der Waals surface area contributed by atoms with Crippen LogP contribution in [-0.2, 0) is 10.0 Å². The number of rotatable bonds is 11. The van der Waals surface area contributed by atoms with E-state index in [2.05, 4.69) is 25.1 Å². The number of aromatic hydroxyl groups is 2. The monoisotopic (exact) mass is 625 g/mol. The minimum absolute atomic E-state index is 0.00780. The second-order valence-electron chi connectivity index (χ2n) is 9.32. The molecule has 12 nitrogen and oxygen atoms in total. The van der Waals surface area contributed by atoms with Gasteiger partial charge in [-0.15, -0.1) is 5.11 Å². The van der Waals surface area contributed by atoms with Crippen LogP contribution in [0.4, 0.5) is 17.2 Å². The summed E-state index contributed by atoms with van der Waals surface area (Å²) in [6.07, 6.45) is 8.28. The van der Waals surface area contributed by atoms with Gasteiger partial charge in [0, 0.05) is 6.20 Å². The van der Waals surface area contributed by atoms with Crippen LogP contribution >= 0.6 is 0 Å². The molecule has 0 fully saturated rings. The Hall–Kier alpha value is -5.95. The normalized spacial score (nSPS) is 11.9. The van der Waals surface area contributed by atoms with Crippen molar-refractivity contribution in [3.63, 3.8) is 0 Å². The van der Waals surface area contributed by atoms with E-state index >= 15 is 0 Å². The van der Waals surface area contributed by atoms with Crippen molar-refractivity contribution < 1.29 is 32.6 Å². The fraction of sp³-hybridized carbons (Fsp3) is 0.0625. The van der Waals surface area contributed by atoms with E-state index in [9.17, 15) is 18.6 Å². The molecule has 45 heavy (non-hydrogen) atoms. The van der Waals surface area contributed by atoms with E-state index in [0.29, 0.717) is 34.1 Å². The van der Waals surface area contributed by atoms with Crippen LogP contribution in [0, 0.1) is 0 Å². The maximum absolute atomic E-state index is 12.8. The summed E-state index contributed by atoms with van der Waals surface area (Å²) < 4.78 is 43.9. The predicted octanol–water partition coefficient (Wildman–Crippen LogP) is 7.06. The molecule has 0 bridgehead atoms. The first kappa shape index (κ1) is 30.5. The maximum Gasteiger partial charge on any atom is 0.263 e. The van der Waals surface area contributed by atoms with Crippen LogP contribution in [0.25, 0.3) is 24.3 Å². The Morgan fingerprint density at radius 1 is 0.800 bits per heavy atom. The average molecular weight is 626 g/mol. The average Bonchev–Trinajstić information content (AvgIpc) is 3.44. The third-order valence-electron chi connectivity index (χ3n) is 6.30. The van der Waals surface area contributed by atoms with Gasteiger partial charge in [0.2, 0.25) is 0 Å². The molecular formula is C32H27N5O7S. The van der Waals surface area contributed by atoms with E-state index < -0.39 is 10.0 Å². The molecule has 0 spiro atoms. The molecule has 3 N–H and O–H groups in total. The van der Waals surface area contributed by atoms with Crippen LogP contribution in [-0.4, -0.2) is 43.0 Å². The highest BCUT2D eigenvalue weighted by Crippen LogP contribution is 2.33. The molecule has 13 heteroatoms. The molecule has 2 aromatic heterocycles. The van der Waals surface area contributed by atoms with Crippen LogP contribution in [0.3, 0.4) is 0 Å². The minimum Gasteiger partial charge on any atom is -0.504 e. The third kappa shape index (κ3) is 7.53. The first-order valence-electron chi connectivity index (χ1n) is 13.3. The SMILES string of the molecule is COc1cc(/C=C/c2noc(/C=C/c3ccc(O)c(OC)c3)c2N=Nc2ccc(S(=O)(=O)Nc3ccccn3)cc2)ccc1O. The second kappa shape index (κ2) is 13.6. The highest BCUT2D eigenvalue weighted by atomic mass is 32.2. The van der Waals surface area contributed by atoms with Crippen molar-refractivity contribution in [1.82, 2.24) is 10.1 Å². The number of azo groups is 1. The van der Waals surface area contributed by atoms with Crippen LogP contribution in [0.1, 0.15) is 22.6 Å². The molecule has 0 saturated heterocycles. The zero-order valence-electron chi connectivity index (χ0n) is 24.0. The lowest BCUT2D eigenvalue weighted by Gasteiger charge is -2.06. The number of methoxy groups -OCH3 is 2. The highest BCUT2D eigenvalue weighted by molar-refractivity contribution is 7.92. The molecule has 0 unspecified atom stereocenters. The van der Waals surface area contributed by atoms with Crippen LogP contribution < -0.4 is 14.2 Å². The maximum atomic E-state index is 12.8. The largest absolute Gasteiger partial charge is 0.504 e. The van der Waals surface area contributed by atoms with Gasteiger partial charge in [-0.3, -0.25) is 4.72 Å². The number of nitrogens with one attached hydrogen (secondary N) is 1. The van der Waals surface area contributed by atoms with Gasteiger partial charge in [-0.05, 0) is 83.9 Å². The van der Waals surface area contributed by atoms with E-state index in [1.165, 1.54) is 56.8 Å². The molecule has 3 aromatic carbocycles. The van der Waals surface area contributed by atoms with Crippen molar-refractivity contribution in [2.75, 3.05) is 18.9 Å². The van der Waals surface area contributed by atoms with Crippen molar-refractivity contribution in [3.8, 4) is 23.0 Å². The Morgan fingerprint density at radius 3 is 2.04 bits per heavy atom. The van der Waals surface area contributed by atoms with E-state index in [-0.39, 0.29) is 28.0 Å². The Balaban J connectivity index is 1.44. The summed E-state index contributed by atoms with van der Waals surface area (Å²) in [5, 5.41) is 32.6. The van der Waals surface area contributed by atoms with Gasteiger partial charge in [0.05, 0.1) is 24.8 Å². The molecule has 0 saturated carbocycles. The van der Waals surface area contributed by atoms with E-state index in [1.807, 2.05) is 0 Å². The fourth-order valence-corrected chi connectivity index (χ4v) is 5.00. The van der Waals surface area contributed by atoms with Gasteiger partial charge in [0.25, 0.3) is 10.0 Å². The first-order chi connectivity index (χ1) is 21.8. The standard InChI is InChI=1S/C32H27N5O7S/c1-42-29-19-21(7-15-26(29)38)6-14-25-32(28(44-36-25)17-9-22-8-16-27(39)30(20-22)43-2)35-34-23-10-12-24(13-11-23)45(40,41)37-31-5-3-4-18-33-31/h3-20,38-39H,1-2H3,(H,33,37)/b14-6+,17-9+,35-34?. The number of aromatic nitrogens is 2. The van der Waals surface area contributed by atoms with E-state index in [1.54, 1.807) is 66.8 Å². The van der Waals surface area contributed by atoms with Crippen molar-refractivity contribution >= 4 is 51.5 Å². The summed E-state index contributed by atoms with van der Waals surface area (Å²) in [5.74, 6) is 1.12. The number of phenolic OH excluding ortho intramolecular Hbond substituents is 2. The molecule has 228 valence electrons. The van der Waals surface area contributed by atoms with Crippen molar-refractivity contribution in [3.05, 3.63) is 108 Å². The number of sulfonamides is 1. The number of benzene rings is 3. The quantitative estimate of drug-likeness (QED) is 0.130. The predicted molar refractivity (Wildman–Crippen MR) is 169 cm³/mol. The van der Waals surface area contributed by atoms with Crippen LogP contribution in [0.2, 0.25) is 0 Å². The van der Waals surface area contributed by atoms with Gasteiger partial charge < -0.3 is 24.2 Å². The summed E-state index contributed by atoms with van der Waals surface area (Å²) in [5.41, 5.74) is 2.47. The minimum atomic E-state index is -3.86. The zero-order valence-corrected chi connectivity index (χ0v) is 24.8. The molecule has 0 amide bonds. The summed E-state index contributed by atoms with van der Waals surface area (Å²) in [4.78, 5) is 4.02. The van der Waals surface area contributed by atoms with Gasteiger partial charge in [0.15, 0.2) is 34.4 Å². The van der Waals surface area contributed by atoms with Gasteiger partial charge in [-0.25, -0.2) is 13.4 Å². The molecule has 5 rings (SSSR count). The molecular weight excluding hydrogens is 598 g/mol. The van der Waals surface area contributed by atoms with Crippen LogP contribution in [0.15, 0.2) is 105 Å². The van der Waals surface area contributed by atoms with Crippen LogP contribution in [0.5, 0.6) is 23.0 Å². The number of hydrogen-bond donors (Lipinski definition) is 3. The molecule has 0 radical (unpaired) electrons. The lowest BCUT2D eigenvalue weighted by atomic mass is 10.1. The lowest BCUT2D eigenvalue weighted by molar-refractivity contribution is 0.373. The molecule has 2 heterocycles. The third-order valence-corrected chi connectivity index (χ3v) is 7.67. The van der Waals surface area contributed by atoms with Gasteiger partial charge >= 0.3 is 0 Å². The lowest BCUT2D eigenvalue weighted by Crippen LogP contribution is -2.13. The van der Waals surface area contributed by atoms with Crippen molar-refractivity contribution in [1.29, 1.82) is 0 Å². The summed E-state index contributed by atoms with van der Waals surface area (Å²) in [6.45, 7) is 0. The Bertz CT molecular complexity index is 1910. The Kier molecular flexibility index (Phi) is 9.20. The number of anilines is 1. The van der Waals surface area contributed by atoms with Gasteiger partial charge in [-0.2, -0.15) is 5.11 Å². The summed E-state index contributed by atoms with van der Waals surface area (Å²) in [7, 11) is -0.947. The Labute approximate surface area is 258 Å². The van der Waals surface area contributed by atoms with Crippen molar-refractivity contribution in [2.24, 2.45) is 10.2 Å². The van der Waals surface area contributed by atoms with Gasteiger partial charge in [-0.1, -0.05) is 35.5 Å². The van der Waals surface area contributed by atoms with E-state index in [4.69, 9.17) is 14.0 Å². The van der Waals surface area contributed by atoms with E-state index in [0.717, 1.165) is 5.56 Å². The number of ether oxygens (including phenoxy) is 2. The molecule has 5 aromatic rings. The smallest absolute Gasteiger partial charge is 0.263 e. The first-order valence-corrected chi connectivity index (χ1v) is 14.8. The second-order valence-corrected chi connectivity index (χ2v) is 11.0. The summed E-state index contributed by atoms with van der Waals surface area (Å²) in [6, 6.07) is 20.5. The topological polar surface area (TPSA) is 169 Å². The fourth-order valence-electron chi connectivity index (χ4n) is 3.99. The number of pyridine rings is 1. The molecule has 0 aliphatic heterocycles. The Morgan fingerprint density at radius 2 is 1.44 bits per heavy atom. The molecule has 0 aliphatic carbocycles. The highest BCUT2D eigenvalue weighted by Gasteiger charge is 2.16. The van der Waals surface area contributed by atoms with Crippen molar-refractivity contribution in [2.45, 2.75) is 4.90 Å². The number of nitrogens with zero attached hydrogens (tertiary/aromatic N) is 4. The molecule has 0 aliphatic rings. The zero-order chi connectivity index (χ0) is 31.8.